The highest BCUT2D eigenvalue weighted by molar-refractivity contribution is 8.15. The number of nitro benzene ring substituents is 1. The molecule has 0 spiro atoms. The van der Waals surface area contributed by atoms with Gasteiger partial charge in [-0.15, -0.1) is 5.10 Å². The van der Waals surface area contributed by atoms with Gasteiger partial charge >= 0.3 is 11.9 Å². The summed E-state index contributed by atoms with van der Waals surface area (Å²) in [7, 11) is 0. The summed E-state index contributed by atoms with van der Waals surface area (Å²) >= 11 is 0.900. The standard InChI is InChI=1S/C16H16N4O8S/c21-13(22)2-1-5-28-10-3-4-11(20(26)27)9(6-10)8-17-19-16-18-15(25)12(29-16)7-14(23)24/h3-4,6,8,12H,1-2,5,7H2,(H,21,22)(H,23,24)(H,18,19,25). The molecule has 154 valence electrons. The molecule has 2 rings (SSSR count). The molecule has 1 amide bonds. The highest BCUT2D eigenvalue weighted by Crippen LogP contribution is 2.24. The summed E-state index contributed by atoms with van der Waals surface area (Å²) in [5.74, 6) is -2.29. The highest BCUT2D eigenvalue weighted by atomic mass is 32.2. The molecule has 0 saturated carbocycles. The van der Waals surface area contributed by atoms with Gasteiger partial charge in [-0.25, -0.2) is 0 Å². The molecule has 0 radical (unpaired) electrons. The molecule has 13 heteroatoms. The third-order valence-electron chi connectivity index (χ3n) is 3.48. The summed E-state index contributed by atoms with van der Waals surface area (Å²) in [4.78, 5) is 43.4. The molecule has 1 aromatic rings. The molecule has 1 heterocycles. The number of hydrogen-bond donors (Lipinski definition) is 3. The monoisotopic (exact) mass is 424 g/mol. The molecular formula is C16H16N4O8S. The van der Waals surface area contributed by atoms with E-state index in [0.717, 1.165) is 18.0 Å². The van der Waals surface area contributed by atoms with E-state index in [0.29, 0.717) is 5.75 Å². The second kappa shape index (κ2) is 10.2. The average Bonchev–Trinajstić information content (AvgIpc) is 2.97. The topological polar surface area (TPSA) is 181 Å². The number of ether oxygens (including phenoxy) is 1. The van der Waals surface area contributed by atoms with Crippen LogP contribution in [0.1, 0.15) is 24.8 Å². The van der Waals surface area contributed by atoms with E-state index in [1.165, 1.54) is 18.2 Å². The molecule has 0 aromatic heterocycles. The number of carbonyl (C=O) groups is 3. The van der Waals surface area contributed by atoms with E-state index in [4.69, 9.17) is 14.9 Å². The van der Waals surface area contributed by atoms with Crippen molar-refractivity contribution in [3.8, 4) is 5.75 Å². The first-order valence-electron chi connectivity index (χ1n) is 8.19. The fourth-order valence-corrected chi connectivity index (χ4v) is 3.11. The zero-order chi connectivity index (χ0) is 21.4. The number of hydrogen-bond acceptors (Lipinski definition) is 9. The van der Waals surface area contributed by atoms with Gasteiger partial charge < -0.3 is 20.3 Å². The number of nitro groups is 1. The van der Waals surface area contributed by atoms with Crippen molar-refractivity contribution < 1.29 is 34.3 Å². The number of amidine groups is 1. The van der Waals surface area contributed by atoms with Gasteiger partial charge in [-0.2, -0.15) is 5.10 Å². The van der Waals surface area contributed by atoms with Crippen molar-refractivity contribution in [2.45, 2.75) is 24.5 Å². The second-order valence-corrected chi connectivity index (χ2v) is 6.86. The Morgan fingerprint density at radius 1 is 1.34 bits per heavy atom. The third-order valence-corrected chi connectivity index (χ3v) is 4.55. The Morgan fingerprint density at radius 3 is 2.76 bits per heavy atom. The lowest BCUT2D eigenvalue weighted by Gasteiger charge is -2.06. The van der Waals surface area contributed by atoms with Crippen LogP contribution in [0.2, 0.25) is 0 Å². The van der Waals surface area contributed by atoms with E-state index in [2.05, 4.69) is 15.5 Å². The maximum absolute atomic E-state index is 11.6. The Morgan fingerprint density at radius 2 is 2.10 bits per heavy atom. The highest BCUT2D eigenvalue weighted by Gasteiger charge is 2.32. The van der Waals surface area contributed by atoms with Gasteiger partial charge in [0.2, 0.25) is 5.91 Å². The minimum atomic E-state index is -1.13. The van der Waals surface area contributed by atoms with E-state index in [1.54, 1.807) is 0 Å². The minimum absolute atomic E-state index is 0.0644. The number of aliphatic carboxylic acids is 2. The maximum Gasteiger partial charge on any atom is 0.305 e. The number of nitrogens with one attached hydrogen (secondary N) is 1. The lowest BCUT2D eigenvalue weighted by molar-refractivity contribution is -0.385. The summed E-state index contributed by atoms with van der Waals surface area (Å²) in [5, 5.41) is 37.6. The molecule has 1 unspecified atom stereocenters. The summed E-state index contributed by atoms with van der Waals surface area (Å²) in [6.45, 7) is 0.122. The first-order chi connectivity index (χ1) is 13.8. The first-order valence-corrected chi connectivity index (χ1v) is 9.07. The van der Waals surface area contributed by atoms with Crippen LogP contribution in [0.5, 0.6) is 5.75 Å². The number of carboxylic acids is 2. The van der Waals surface area contributed by atoms with Crippen molar-refractivity contribution in [1.82, 2.24) is 5.32 Å². The summed E-state index contributed by atoms with van der Waals surface area (Å²) in [6, 6.07) is 3.96. The van der Waals surface area contributed by atoms with Crippen molar-refractivity contribution in [2.75, 3.05) is 6.61 Å². The molecule has 1 saturated heterocycles. The van der Waals surface area contributed by atoms with Gasteiger partial charge in [0.05, 0.1) is 29.7 Å². The molecule has 1 fully saturated rings. The molecule has 1 aromatic carbocycles. The van der Waals surface area contributed by atoms with Gasteiger partial charge in [0.1, 0.15) is 11.0 Å². The summed E-state index contributed by atoms with van der Waals surface area (Å²) in [6.07, 6.45) is 0.946. The fourth-order valence-electron chi connectivity index (χ4n) is 2.19. The molecule has 1 atom stereocenters. The predicted octanol–water partition coefficient (Wildman–Crippen LogP) is 1.23. The smallest absolute Gasteiger partial charge is 0.305 e. The van der Waals surface area contributed by atoms with Gasteiger partial charge in [-0.05, 0) is 18.6 Å². The van der Waals surface area contributed by atoms with Crippen LogP contribution in [-0.2, 0) is 14.4 Å². The maximum atomic E-state index is 11.6. The Kier molecular flexibility index (Phi) is 7.65. The van der Waals surface area contributed by atoms with E-state index in [9.17, 15) is 24.5 Å². The van der Waals surface area contributed by atoms with Crippen LogP contribution in [-0.4, -0.2) is 56.2 Å². The first kappa shape index (κ1) is 21.8. The Balaban J connectivity index is 2.08. The SMILES string of the molecule is O=C(O)CCCOc1ccc([N+](=O)[O-])c(C=NN=C2NC(=O)C(CC(=O)O)S2)c1. The molecule has 0 aliphatic carbocycles. The number of benzene rings is 1. The Bertz CT molecular complexity index is 886. The lowest BCUT2D eigenvalue weighted by Crippen LogP contribution is -2.26. The largest absolute Gasteiger partial charge is 0.494 e. The quantitative estimate of drug-likeness (QED) is 0.215. The summed E-state index contributed by atoms with van der Waals surface area (Å²) < 4.78 is 5.38. The molecule has 1 aliphatic rings. The van der Waals surface area contributed by atoms with Crippen LogP contribution in [0, 0.1) is 10.1 Å². The zero-order valence-electron chi connectivity index (χ0n) is 14.8. The molecular weight excluding hydrogens is 408 g/mol. The van der Waals surface area contributed by atoms with Gasteiger partial charge in [0.25, 0.3) is 5.69 Å². The van der Waals surface area contributed by atoms with Crippen molar-refractivity contribution >= 4 is 46.7 Å². The van der Waals surface area contributed by atoms with E-state index < -0.39 is 28.0 Å². The molecule has 0 bridgehead atoms. The number of thioether (sulfide) groups is 1. The zero-order valence-corrected chi connectivity index (χ0v) is 15.6. The Hall–Kier alpha value is -3.48. The van der Waals surface area contributed by atoms with Crippen LogP contribution in [0.3, 0.4) is 0 Å². The van der Waals surface area contributed by atoms with Gasteiger partial charge in [0.15, 0.2) is 5.17 Å². The summed E-state index contributed by atoms with van der Waals surface area (Å²) in [5.41, 5.74) is -0.162. The van der Waals surface area contributed by atoms with Crippen molar-refractivity contribution in [3.05, 3.63) is 33.9 Å². The average molecular weight is 424 g/mol. The van der Waals surface area contributed by atoms with Crippen LogP contribution < -0.4 is 10.1 Å². The van der Waals surface area contributed by atoms with Crippen molar-refractivity contribution in [3.63, 3.8) is 0 Å². The normalized spacial score (nSPS) is 17.4. The van der Waals surface area contributed by atoms with Gasteiger partial charge in [-0.3, -0.25) is 24.5 Å². The Labute approximate surface area is 167 Å². The molecule has 1 aliphatic heterocycles. The third kappa shape index (κ3) is 6.88. The van der Waals surface area contributed by atoms with Crippen LogP contribution in [0.15, 0.2) is 28.4 Å². The van der Waals surface area contributed by atoms with Gasteiger partial charge in [0, 0.05) is 12.5 Å². The number of carbonyl (C=O) groups excluding carboxylic acids is 1. The van der Waals surface area contributed by atoms with Crippen LogP contribution in [0.25, 0.3) is 0 Å². The van der Waals surface area contributed by atoms with Crippen LogP contribution in [0.4, 0.5) is 5.69 Å². The number of carboxylic acid groups (broad SMARTS) is 2. The predicted molar refractivity (Wildman–Crippen MR) is 102 cm³/mol. The number of rotatable bonds is 10. The molecule has 12 nitrogen and oxygen atoms in total. The minimum Gasteiger partial charge on any atom is -0.494 e. The molecule has 29 heavy (non-hydrogen) atoms. The van der Waals surface area contributed by atoms with Crippen LogP contribution >= 0.6 is 11.8 Å². The van der Waals surface area contributed by atoms with E-state index in [-0.39, 0.29) is 42.3 Å². The van der Waals surface area contributed by atoms with Crippen molar-refractivity contribution in [2.24, 2.45) is 10.2 Å². The van der Waals surface area contributed by atoms with E-state index in [1.807, 2.05) is 0 Å². The van der Waals surface area contributed by atoms with Gasteiger partial charge in [-0.1, -0.05) is 11.8 Å². The lowest BCUT2D eigenvalue weighted by atomic mass is 10.2. The number of amides is 1. The van der Waals surface area contributed by atoms with E-state index >= 15 is 0 Å². The second-order valence-electron chi connectivity index (χ2n) is 5.67. The fraction of sp³-hybridized carbons (Fsp3) is 0.312. The molecule has 3 N–H and O–H groups in total. The van der Waals surface area contributed by atoms with Crippen molar-refractivity contribution in [1.29, 1.82) is 0 Å². The number of nitrogens with zero attached hydrogens (tertiary/aromatic N) is 3.